The molecule has 0 fully saturated rings. The van der Waals surface area contributed by atoms with Gasteiger partial charge in [0.1, 0.15) is 11.8 Å². The zero-order valence-corrected chi connectivity index (χ0v) is 16.9. The van der Waals surface area contributed by atoms with E-state index in [1.54, 1.807) is 43.3 Å². The van der Waals surface area contributed by atoms with Gasteiger partial charge >= 0.3 is 0 Å². The summed E-state index contributed by atoms with van der Waals surface area (Å²) in [4.78, 5) is 27.4. The van der Waals surface area contributed by atoms with Crippen LogP contribution in [0, 0.1) is 5.92 Å². The first-order valence-corrected chi connectivity index (χ1v) is 9.51. The molecule has 5 nitrogen and oxygen atoms in total. The largest absolute Gasteiger partial charge is 0.496 e. The number of amides is 2. The third kappa shape index (κ3) is 4.99. The van der Waals surface area contributed by atoms with Gasteiger partial charge in [-0.2, -0.15) is 0 Å². The van der Waals surface area contributed by atoms with Gasteiger partial charge in [-0.3, -0.25) is 9.59 Å². The summed E-state index contributed by atoms with van der Waals surface area (Å²) >= 11 is 7.41. The fraction of sp³-hybridized carbons (Fsp3) is 0.368. The lowest BCUT2D eigenvalue weighted by atomic mass is 10.0. The first kappa shape index (κ1) is 20.3. The van der Waals surface area contributed by atoms with E-state index in [-0.39, 0.29) is 17.7 Å². The molecular formula is C19H23ClN2O3S. The standard InChI is InChI=1S/C19H23ClN2O3S/c1-12(2)17(21-18(23)16-6-5-9-26-16)19(24)22(3)11-13-10-14(20)7-8-15(13)25-4/h5-10,12,17H,11H2,1-4H3,(H,21,23). The number of benzene rings is 1. The molecule has 0 spiro atoms. The number of hydrogen-bond donors (Lipinski definition) is 1. The lowest BCUT2D eigenvalue weighted by Crippen LogP contribution is -2.49. The van der Waals surface area contributed by atoms with Gasteiger partial charge in [0.25, 0.3) is 5.91 Å². The fourth-order valence-corrected chi connectivity index (χ4v) is 3.40. The van der Waals surface area contributed by atoms with Crippen LogP contribution < -0.4 is 10.1 Å². The van der Waals surface area contributed by atoms with E-state index in [0.717, 1.165) is 5.56 Å². The van der Waals surface area contributed by atoms with Gasteiger partial charge in [-0.05, 0) is 35.6 Å². The van der Waals surface area contributed by atoms with Crippen LogP contribution in [0.2, 0.25) is 5.02 Å². The fourth-order valence-electron chi connectivity index (χ4n) is 2.58. The predicted molar refractivity (Wildman–Crippen MR) is 105 cm³/mol. The molecule has 2 aromatic rings. The average molecular weight is 395 g/mol. The molecule has 1 aromatic carbocycles. The highest BCUT2D eigenvalue weighted by Crippen LogP contribution is 2.24. The van der Waals surface area contributed by atoms with Crippen LogP contribution in [0.25, 0.3) is 0 Å². The molecule has 0 aliphatic heterocycles. The number of nitrogens with one attached hydrogen (secondary N) is 1. The number of ether oxygens (including phenoxy) is 1. The Hall–Kier alpha value is -2.05. The quantitative estimate of drug-likeness (QED) is 0.776. The monoisotopic (exact) mass is 394 g/mol. The summed E-state index contributed by atoms with van der Waals surface area (Å²) in [7, 11) is 3.28. The first-order valence-electron chi connectivity index (χ1n) is 8.25. The van der Waals surface area contributed by atoms with E-state index in [1.807, 2.05) is 25.3 Å². The molecule has 0 aliphatic rings. The van der Waals surface area contributed by atoms with Crippen LogP contribution in [0.3, 0.4) is 0 Å². The summed E-state index contributed by atoms with van der Waals surface area (Å²) in [6, 6.07) is 8.22. The molecule has 0 saturated carbocycles. The molecule has 0 bridgehead atoms. The zero-order valence-electron chi connectivity index (χ0n) is 15.3. The van der Waals surface area contributed by atoms with Crippen molar-refractivity contribution in [2.75, 3.05) is 14.2 Å². The molecule has 0 aliphatic carbocycles. The molecule has 1 N–H and O–H groups in total. The van der Waals surface area contributed by atoms with Gasteiger partial charge in [-0.25, -0.2) is 0 Å². The van der Waals surface area contributed by atoms with Gasteiger partial charge in [0.15, 0.2) is 0 Å². The van der Waals surface area contributed by atoms with Gasteiger partial charge in [0.05, 0.1) is 12.0 Å². The number of likely N-dealkylation sites (N-methyl/N-ethyl adjacent to an activating group) is 1. The van der Waals surface area contributed by atoms with E-state index in [4.69, 9.17) is 16.3 Å². The number of carbonyl (C=O) groups is 2. The highest BCUT2D eigenvalue weighted by Gasteiger charge is 2.28. The van der Waals surface area contributed by atoms with Crippen LogP contribution in [0.4, 0.5) is 0 Å². The molecule has 1 unspecified atom stereocenters. The zero-order chi connectivity index (χ0) is 19.3. The second-order valence-corrected chi connectivity index (χ2v) is 7.71. The van der Waals surface area contributed by atoms with Crippen LogP contribution in [0.5, 0.6) is 5.75 Å². The summed E-state index contributed by atoms with van der Waals surface area (Å²) in [5.74, 6) is 0.223. The van der Waals surface area contributed by atoms with Gasteiger partial charge in [-0.1, -0.05) is 31.5 Å². The molecule has 7 heteroatoms. The molecule has 0 radical (unpaired) electrons. The van der Waals surface area contributed by atoms with E-state index in [9.17, 15) is 9.59 Å². The Bertz CT molecular complexity index is 762. The van der Waals surface area contributed by atoms with Crippen molar-refractivity contribution in [3.05, 3.63) is 51.2 Å². The number of methoxy groups -OCH3 is 1. The second kappa shape index (κ2) is 9.05. The Labute approximate surface area is 162 Å². The van der Waals surface area contributed by atoms with Crippen LogP contribution in [-0.2, 0) is 11.3 Å². The molecule has 2 amide bonds. The Balaban J connectivity index is 2.13. The van der Waals surface area contributed by atoms with Crippen LogP contribution in [0.15, 0.2) is 35.7 Å². The van der Waals surface area contributed by atoms with E-state index in [2.05, 4.69) is 5.32 Å². The molecule has 2 rings (SSSR count). The molecule has 26 heavy (non-hydrogen) atoms. The van der Waals surface area contributed by atoms with E-state index >= 15 is 0 Å². The number of nitrogens with zero attached hydrogens (tertiary/aromatic N) is 1. The number of hydrogen-bond acceptors (Lipinski definition) is 4. The number of thiophene rings is 1. The minimum atomic E-state index is -0.611. The SMILES string of the molecule is COc1ccc(Cl)cc1CN(C)C(=O)C(NC(=O)c1cccs1)C(C)C. The molecule has 1 heterocycles. The van der Waals surface area contributed by atoms with E-state index < -0.39 is 6.04 Å². The van der Waals surface area contributed by atoms with Crippen LogP contribution in [0.1, 0.15) is 29.1 Å². The summed E-state index contributed by atoms with van der Waals surface area (Å²) < 4.78 is 5.34. The number of halogens is 1. The van der Waals surface area contributed by atoms with Crippen molar-refractivity contribution in [2.45, 2.75) is 26.4 Å². The third-order valence-electron chi connectivity index (χ3n) is 3.99. The lowest BCUT2D eigenvalue weighted by Gasteiger charge is -2.27. The topological polar surface area (TPSA) is 58.6 Å². The molecular weight excluding hydrogens is 372 g/mol. The maximum atomic E-state index is 12.9. The van der Waals surface area contributed by atoms with Crippen LogP contribution in [-0.4, -0.2) is 36.9 Å². The van der Waals surface area contributed by atoms with Gasteiger partial charge in [0.2, 0.25) is 5.91 Å². The van der Waals surface area contributed by atoms with E-state index in [1.165, 1.54) is 11.3 Å². The minimum absolute atomic E-state index is 0.0462. The van der Waals surface area contributed by atoms with Crippen molar-refractivity contribution in [1.82, 2.24) is 10.2 Å². The minimum Gasteiger partial charge on any atom is -0.496 e. The van der Waals surface area contributed by atoms with Crippen molar-refractivity contribution in [3.8, 4) is 5.75 Å². The second-order valence-electron chi connectivity index (χ2n) is 6.32. The molecule has 1 aromatic heterocycles. The maximum Gasteiger partial charge on any atom is 0.262 e. The van der Waals surface area contributed by atoms with Crippen LogP contribution >= 0.6 is 22.9 Å². The smallest absolute Gasteiger partial charge is 0.262 e. The summed E-state index contributed by atoms with van der Waals surface area (Å²) in [5, 5.41) is 5.26. The Morgan fingerprint density at radius 3 is 2.62 bits per heavy atom. The number of rotatable bonds is 7. The normalized spacial score (nSPS) is 11.9. The Morgan fingerprint density at radius 1 is 1.31 bits per heavy atom. The third-order valence-corrected chi connectivity index (χ3v) is 5.09. The summed E-state index contributed by atoms with van der Waals surface area (Å²) in [5.41, 5.74) is 0.808. The first-order chi connectivity index (χ1) is 12.3. The average Bonchev–Trinajstić information content (AvgIpc) is 3.13. The molecule has 1 atom stereocenters. The maximum absolute atomic E-state index is 12.9. The summed E-state index contributed by atoms with van der Waals surface area (Å²) in [6.45, 7) is 4.15. The Kier molecular flexibility index (Phi) is 7.06. The number of carbonyl (C=O) groups excluding carboxylic acids is 2. The van der Waals surface area contributed by atoms with Gasteiger partial charge in [-0.15, -0.1) is 11.3 Å². The molecule has 0 saturated heterocycles. The highest BCUT2D eigenvalue weighted by molar-refractivity contribution is 7.12. The molecule has 140 valence electrons. The van der Waals surface area contributed by atoms with Crippen molar-refractivity contribution in [3.63, 3.8) is 0 Å². The van der Waals surface area contributed by atoms with Gasteiger partial charge in [0, 0.05) is 24.2 Å². The highest BCUT2D eigenvalue weighted by atomic mass is 35.5. The van der Waals surface area contributed by atoms with Crippen molar-refractivity contribution >= 4 is 34.8 Å². The van der Waals surface area contributed by atoms with E-state index in [0.29, 0.717) is 22.2 Å². The van der Waals surface area contributed by atoms with Crippen molar-refractivity contribution < 1.29 is 14.3 Å². The van der Waals surface area contributed by atoms with Crippen molar-refractivity contribution in [2.24, 2.45) is 5.92 Å². The van der Waals surface area contributed by atoms with Crippen molar-refractivity contribution in [1.29, 1.82) is 0 Å². The predicted octanol–water partition coefficient (Wildman–Crippen LogP) is 3.82. The summed E-state index contributed by atoms with van der Waals surface area (Å²) in [6.07, 6.45) is 0. The Morgan fingerprint density at radius 2 is 2.04 bits per heavy atom. The van der Waals surface area contributed by atoms with Gasteiger partial charge < -0.3 is 15.0 Å². The lowest BCUT2D eigenvalue weighted by molar-refractivity contribution is -0.133.